The first-order valence-electron chi connectivity index (χ1n) is 9.15. The second-order valence-corrected chi connectivity index (χ2v) is 6.78. The Kier molecular flexibility index (Phi) is 4.51. The molecule has 1 saturated heterocycles. The molecule has 25 heavy (non-hydrogen) atoms. The molecule has 0 spiro atoms. The number of nitrogens with zero attached hydrogens (tertiary/aromatic N) is 3. The summed E-state index contributed by atoms with van der Waals surface area (Å²) in [5.74, 6) is 1.73. The van der Waals surface area contributed by atoms with Crippen molar-refractivity contribution in [2.45, 2.75) is 32.6 Å². The van der Waals surface area contributed by atoms with Gasteiger partial charge in [-0.25, -0.2) is 4.98 Å². The Hall–Kier alpha value is -2.62. The van der Waals surface area contributed by atoms with Crippen molar-refractivity contribution in [3.63, 3.8) is 0 Å². The molecule has 4 rings (SSSR count). The predicted octanol–water partition coefficient (Wildman–Crippen LogP) is 5.06. The number of rotatable bonds is 3. The topological polar surface area (TPSA) is 41.1 Å². The van der Waals surface area contributed by atoms with Crippen molar-refractivity contribution in [1.29, 1.82) is 0 Å². The molecule has 1 aliphatic rings. The van der Waals surface area contributed by atoms with Gasteiger partial charge < -0.3 is 10.2 Å². The van der Waals surface area contributed by atoms with E-state index in [4.69, 9.17) is 9.97 Å². The van der Waals surface area contributed by atoms with E-state index in [0.717, 1.165) is 35.5 Å². The summed E-state index contributed by atoms with van der Waals surface area (Å²) in [6, 6.07) is 16.6. The standard InChI is InChI=1S/C21H24N4/c1-16-9-8-10-17(15-16)22-21-23-19-12-5-4-11-18(19)20(24-21)25-13-6-2-3-7-14-25/h4-5,8-12,15H,2-3,6-7,13-14H2,1H3,(H,22,23,24). The lowest BCUT2D eigenvalue weighted by Gasteiger charge is -2.23. The number of para-hydroxylation sites is 1. The van der Waals surface area contributed by atoms with E-state index in [9.17, 15) is 0 Å². The fourth-order valence-corrected chi connectivity index (χ4v) is 3.49. The average Bonchev–Trinajstić information content (AvgIpc) is 2.90. The van der Waals surface area contributed by atoms with Crippen LogP contribution in [-0.4, -0.2) is 23.1 Å². The maximum atomic E-state index is 4.89. The van der Waals surface area contributed by atoms with Crippen molar-refractivity contribution in [2.24, 2.45) is 0 Å². The van der Waals surface area contributed by atoms with Crippen LogP contribution in [0.3, 0.4) is 0 Å². The number of nitrogens with one attached hydrogen (secondary N) is 1. The van der Waals surface area contributed by atoms with Crippen LogP contribution in [-0.2, 0) is 0 Å². The quantitative estimate of drug-likeness (QED) is 0.727. The summed E-state index contributed by atoms with van der Waals surface area (Å²) in [6.45, 7) is 4.24. The SMILES string of the molecule is Cc1cccc(Nc2nc(N3CCCCCC3)c3ccccc3n2)c1. The van der Waals surface area contributed by atoms with Gasteiger partial charge in [-0.05, 0) is 49.6 Å². The minimum Gasteiger partial charge on any atom is -0.356 e. The van der Waals surface area contributed by atoms with Crippen molar-refractivity contribution in [2.75, 3.05) is 23.3 Å². The van der Waals surface area contributed by atoms with Crippen LogP contribution in [0.1, 0.15) is 31.2 Å². The zero-order chi connectivity index (χ0) is 17.1. The van der Waals surface area contributed by atoms with Crippen molar-refractivity contribution >= 4 is 28.4 Å². The molecule has 128 valence electrons. The third kappa shape index (κ3) is 3.58. The Labute approximate surface area is 148 Å². The molecular formula is C21H24N4. The normalized spacial score (nSPS) is 15.2. The minimum absolute atomic E-state index is 0.670. The molecule has 0 atom stereocenters. The summed E-state index contributed by atoms with van der Waals surface area (Å²) >= 11 is 0. The minimum atomic E-state index is 0.670. The maximum absolute atomic E-state index is 4.89. The maximum Gasteiger partial charge on any atom is 0.229 e. The molecule has 1 aliphatic heterocycles. The summed E-state index contributed by atoms with van der Waals surface area (Å²) in [5.41, 5.74) is 3.24. The first-order chi connectivity index (χ1) is 12.3. The van der Waals surface area contributed by atoms with Crippen LogP contribution in [0.2, 0.25) is 0 Å². The number of aromatic nitrogens is 2. The van der Waals surface area contributed by atoms with Crippen molar-refractivity contribution in [3.05, 3.63) is 54.1 Å². The lowest BCUT2D eigenvalue weighted by atomic mass is 10.2. The Morgan fingerprint density at radius 1 is 0.880 bits per heavy atom. The molecule has 4 nitrogen and oxygen atoms in total. The van der Waals surface area contributed by atoms with Crippen LogP contribution in [0, 0.1) is 6.92 Å². The van der Waals surface area contributed by atoms with E-state index in [1.807, 2.05) is 6.07 Å². The molecule has 1 fully saturated rings. The lowest BCUT2D eigenvalue weighted by molar-refractivity contribution is 0.726. The van der Waals surface area contributed by atoms with Gasteiger partial charge in [0.15, 0.2) is 0 Å². The molecular weight excluding hydrogens is 308 g/mol. The molecule has 3 aromatic rings. The van der Waals surface area contributed by atoms with Gasteiger partial charge in [0.1, 0.15) is 5.82 Å². The zero-order valence-electron chi connectivity index (χ0n) is 14.7. The van der Waals surface area contributed by atoms with Gasteiger partial charge in [0.25, 0.3) is 0 Å². The van der Waals surface area contributed by atoms with E-state index in [2.05, 4.69) is 59.6 Å². The van der Waals surface area contributed by atoms with Gasteiger partial charge in [0, 0.05) is 24.2 Å². The van der Waals surface area contributed by atoms with Crippen molar-refractivity contribution in [1.82, 2.24) is 9.97 Å². The van der Waals surface area contributed by atoms with Crippen LogP contribution in [0.5, 0.6) is 0 Å². The largest absolute Gasteiger partial charge is 0.356 e. The second-order valence-electron chi connectivity index (χ2n) is 6.78. The van der Waals surface area contributed by atoms with E-state index < -0.39 is 0 Å². The number of fused-ring (bicyclic) bond motifs is 1. The highest BCUT2D eigenvalue weighted by atomic mass is 15.2. The molecule has 0 bridgehead atoms. The average molecular weight is 332 g/mol. The Balaban J connectivity index is 1.75. The summed E-state index contributed by atoms with van der Waals surface area (Å²) in [7, 11) is 0. The van der Waals surface area contributed by atoms with E-state index in [-0.39, 0.29) is 0 Å². The molecule has 2 aromatic carbocycles. The van der Waals surface area contributed by atoms with E-state index >= 15 is 0 Å². The summed E-state index contributed by atoms with van der Waals surface area (Å²) < 4.78 is 0. The molecule has 0 radical (unpaired) electrons. The van der Waals surface area contributed by atoms with Gasteiger partial charge in [-0.3, -0.25) is 0 Å². The molecule has 0 amide bonds. The molecule has 0 saturated carbocycles. The molecule has 1 aromatic heterocycles. The van der Waals surface area contributed by atoms with Gasteiger partial charge in [-0.15, -0.1) is 0 Å². The number of benzene rings is 2. The number of hydrogen-bond donors (Lipinski definition) is 1. The zero-order valence-corrected chi connectivity index (χ0v) is 14.7. The summed E-state index contributed by atoms with van der Waals surface area (Å²) in [6.07, 6.45) is 5.10. The Bertz CT molecular complexity index is 867. The van der Waals surface area contributed by atoms with Crippen molar-refractivity contribution in [3.8, 4) is 0 Å². The molecule has 4 heteroatoms. The fraction of sp³-hybridized carbons (Fsp3) is 0.333. The third-order valence-electron chi connectivity index (χ3n) is 4.76. The van der Waals surface area contributed by atoms with Gasteiger partial charge in [-0.1, -0.05) is 37.1 Å². The van der Waals surface area contributed by atoms with Crippen LogP contribution in [0.4, 0.5) is 17.5 Å². The van der Waals surface area contributed by atoms with Crippen LogP contribution in [0.15, 0.2) is 48.5 Å². The molecule has 1 N–H and O–H groups in total. The Morgan fingerprint density at radius 3 is 2.48 bits per heavy atom. The first kappa shape index (κ1) is 15.9. The second kappa shape index (κ2) is 7.09. The van der Waals surface area contributed by atoms with Crippen molar-refractivity contribution < 1.29 is 0 Å². The summed E-state index contributed by atoms with van der Waals surface area (Å²) in [5, 5.41) is 4.52. The monoisotopic (exact) mass is 332 g/mol. The number of aryl methyl sites for hydroxylation is 1. The number of anilines is 3. The van der Waals surface area contributed by atoms with Gasteiger partial charge in [-0.2, -0.15) is 4.98 Å². The smallest absolute Gasteiger partial charge is 0.229 e. The van der Waals surface area contributed by atoms with Crippen LogP contribution < -0.4 is 10.2 Å². The molecule has 2 heterocycles. The van der Waals surface area contributed by atoms with Gasteiger partial charge in [0.05, 0.1) is 5.52 Å². The molecule has 0 unspecified atom stereocenters. The highest BCUT2D eigenvalue weighted by molar-refractivity contribution is 5.90. The first-order valence-corrected chi connectivity index (χ1v) is 9.15. The van der Waals surface area contributed by atoms with E-state index in [1.54, 1.807) is 0 Å². The predicted molar refractivity (Wildman–Crippen MR) is 105 cm³/mol. The van der Waals surface area contributed by atoms with E-state index in [1.165, 1.54) is 31.2 Å². The highest BCUT2D eigenvalue weighted by Crippen LogP contribution is 2.28. The fourth-order valence-electron chi connectivity index (χ4n) is 3.49. The van der Waals surface area contributed by atoms with Crippen LogP contribution >= 0.6 is 0 Å². The van der Waals surface area contributed by atoms with Gasteiger partial charge in [0.2, 0.25) is 5.95 Å². The van der Waals surface area contributed by atoms with Crippen LogP contribution in [0.25, 0.3) is 10.9 Å². The summed E-state index contributed by atoms with van der Waals surface area (Å²) in [4.78, 5) is 12.1. The number of hydrogen-bond acceptors (Lipinski definition) is 4. The lowest BCUT2D eigenvalue weighted by Crippen LogP contribution is -2.25. The highest BCUT2D eigenvalue weighted by Gasteiger charge is 2.16. The van der Waals surface area contributed by atoms with Gasteiger partial charge >= 0.3 is 0 Å². The third-order valence-corrected chi connectivity index (χ3v) is 4.76. The Morgan fingerprint density at radius 2 is 1.68 bits per heavy atom. The van der Waals surface area contributed by atoms with E-state index in [0.29, 0.717) is 5.95 Å². The molecule has 0 aliphatic carbocycles.